The van der Waals surface area contributed by atoms with Crippen molar-refractivity contribution in [2.24, 2.45) is 0 Å². The second kappa shape index (κ2) is 17.9. The molecule has 0 aromatic rings. The van der Waals surface area contributed by atoms with E-state index in [9.17, 15) is 14.4 Å². The fraction of sp³-hybridized carbons (Fsp3) is 0.737. The third-order valence-corrected chi connectivity index (χ3v) is 3.79. The predicted molar refractivity (Wildman–Crippen MR) is 101 cm³/mol. The van der Waals surface area contributed by atoms with Gasteiger partial charge in [-0.05, 0) is 38.5 Å². The molecular weight excluding hydrogens is 336 g/mol. The summed E-state index contributed by atoms with van der Waals surface area (Å²) in [6.07, 6.45) is 14.0. The SMILES string of the molecule is CNC(=O)C(=O)NCCCC/C=C\CCCCCCCOCC(=O)OC. The lowest BCUT2D eigenvalue weighted by molar-refractivity contribution is -0.145. The molecule has 7 nitrogen and oxygen atoms in total. The second-order valence-electron chi connectivity index (χ2n) is 5.99. The Morgan fingerprint density at radius 2 is 1.46 bits per heavy atom. The van der Waals surface area contributed by atoms with Crippen molar-refractivity contribution in [2.75, 3.05) is 33.9 Å². The molecular formula is C19H34N2O5. The van der Waals surface area contributed by atoms with Crippen molar-refractivity contribution >= 4 is 17.8 Å². The van der Waals surface area contributed by atoms with Gasteiger partial charge in [0.25, 0.3) is 0 Å². The third kappa shape index (κ3) is 15.6. The first-order valence-corrected chi connectivity index (χ1v) is 9.41. The molecule has 0 aliphatic heterocycles. The number of rotatable bonds is 15. The lowest BCUT2D eigenvalue weighted by Crippen LogP contribution is -2.38. The van der Waals surface area contributed by atoms with Gasteiger partial charge in [0.15, 0.2) is 0 Å². The topological polar surface area (TPSA) is 93.7 Å². The van der Waals surface area contributed by atoms with Crippen LogP contribution in [0, 0.1) is 0 Å². The summed E-state index contributed by atoms with van der Waals surface area (Å²) in [5.41, 5.74) is 0. The highest BCUT2D eigenvalue weighted by molar-refractivity contribution is 6.34. The first-order chi connectivity index (χ1) is 12.6. The Hall–Kier alpha value is -1.89. The number of nitrogens with one attached hydrogen (secondary N) is 2. The van der Waals surface area contributed by atoms with Crippen LogP contribution in [0.2, 0.25) is 0 Å². The number of unbranched alkanes of at least 4 members (excludes halogenated alkanes) is 7. The van der Waals surface area contributed by atoms with E-state index in [1.165, 1.54) is 33.4 Å². The normalized spacial score (nSPS) is 10.7. The van der Waals surface area contributed by atoms with Crippen LogP contribution in [0.15, 0.2) is 12.2 Å². The maximum Gasteiger partial charge on any atom is 0.331 e. The summed E-state index contributed by atoms with van der Waals surface area (Å²) in [6.45, 7) is 1.18. The molecule has 0 unspecified atom stereocenters. The van der Waals surface area contributed by atoms with Gasteiger partial charge in [0.05, 0.1) is 7.11 Å². The summed E-state index contributed by atoms with van der Waals surface area (Å²) < 4.78 is 9.68. The second-order valence-corrected chi connectivity index (χ2v) is 5.99. The Bertz CT molecular complexity index is 424. The van der Waals surface area contributed by atoms with Crippen molar-refractivity contribution in [3.8, 4) is 0 Å². The van der Waals surface area contributed by atoms with Crippen LogP contribution >= 0.6 is 0 Å². The highest BCUT2D eigenvalue weighted by Crippen LogP contribution is 2.07. The van der Waals surface area contributed by atoms with Crippen LogP contribution in [0.3, 0.4) is 0 Å². The standard InChI is InChI=1S/C19H34N2O5/c1-20-18(23)19(24)21-14-12-10-8-6-4-3-5-7-9-11-13-15-26-16-17(22)25-2/h4,6H,3,5,7-16H2,1-2H3,(H,20,23)(H,21,24)/b6-4-. The van der Waals surface area contributed by atoms with Crippen molar-refractivity contribution in [3.63, 3.8) is 0 Å². The molecule has 0 heterocycles. The summed E-state index contributed by atoms with van der Waals surface area (Å²) in [5, 5.41) is 4.87. The number of methoxy groups -OCH3 is 1. The first-order valence-electron chi connectivity index (χ1n) is 9.41. The summed E-state index contributed by atoms with van der Waals surface area (Å²) in [7, 11) is 2.80. The van der Waals surface area contributed by atoms with E-state index < -0.39 is 11.8 Å². The number of esters is 1. The molecule has 0 bridgehead atoms. The van der Waals surface area contributed by atoms with E-state index in [4.69, 9.17) is 4.74 Å². The molecule has 0 spiro atoms. The number of hydrogen-bond acceptors (Lipinski definition) is 5. The predicted octanol–water partition coefficient (Wildman–Crippen LogP) is 2.11. The molecule has 0 rings (SSSR count). The van der Waals surface area contributed by atoms with Crippen molar-refractivity contribution in [3.05, 3.63) is 12.2 Å². The van der Waals surface area contributed by atoms with Gasteiger partial charge in [-0.1, -0.05) is 31.4 Å². The summed E-state index contributed by atoms with van der Waals surface area (Å²) >= 11 is 0. The summed E-state index contributed by atoms with van der Waals surface area (Å²) in [5.74, 6) is -1.50. The fourth-order valence-electron chi connectivity index (χ4n) is 2.23. The van der Waals surface area contributed by atoms with Crippen LogP contribution in [0.25, 0.3) is 0 Å². The lowest BCUT2D eigenvalue weighted by atomic mass is 10.1. The minimum Gasteiger partial charge on any atom is -0.467 e. The van der Waals surface area contributed by atoms with Crippen molar-refractivity contribution < 1.29 is 23.9 Å². The number of carbonyl (C=O) groups excluding carboxylic acids is 3. The van der Waals surface area contributed by atoms with E-state index in [1.54, 1.807) is 0 Å². The number of hydrogen-bond donors (Lipinski definition) is 2. The number of allylic oxidation sites excluding steroid dienone is 2. The summed E-state index contributed by atoms with van der Waals surface area (Å²) in [6, 6.07) is 0. The zero-order chi connectivity index (χ0) is 19.5. The number of ether oxygens (including phenoxy) is 2. The van der Waals surface area contributed by atoms with E-state index >= 15 is 0 Å². The molecule has 0 radical (unpaired) electrons. The molecule has 0 saturated carbocycles. The average Bonchev–Trinajstić information content (AvgIpc) is 2.66. The van der Waals surface area contributed by atoms with E-state index in [-0.39, 0.29) is 12.6 Å². The van der Waals surface area contributed by atoms with Crippen molar-refractivity contribution in [1.82, 2.24) is 10.6 Å². The maximum atomic E-state index is 11.2. The fourth-order valence-corrected chi connectivity index (χ4v) is 2.23. The van der Waals surface area contributed by atoms with Crippen molar-refractivity contribution in [2.45, 2.75) is 57.8 Å². The Morgan fingerprint density at radius 1 is 0.846 bits per heavy atom. The minimum atomic E-state index is -0.599. The number of carbonyl (C=O) groups is 3. The maximum absolute atomic E-state index is 11.2. The van der Waals surface area contributed by atoms with Gasteiger partial charge >= 0.3 is 17.8 Å². The van der Waals surface area contributed by atoms with Crippen LogP contribution in [0.4, 0.5) is 0 Å². The Labute approximate surface area is 156 Å². The molecule has 26 heavy (non-hydrogen) atoms. The van der Waals surface area contributed by atoms with E-state index in [0.29, 0.717) is 13.2 Å². The van der Waals surface area contributed by atoms with Crippen LogP contribution in [0.5, 0.6) is 0 Å². The van der Waals surface area contributed by atoms with Crippen LogP contribution in [0.1, 0.15) is 57.8 Å². The highest BCUT2D eigenvalue weighted by atomic mass is 16.6. The molecule has 7 heteroatoms. The van der Waals surface area contributed by atoms with Gasteiger partial charge in [0, 0.05) is 20.2 Å². The van der Waals surface area contributed by atoms with Gasteiger partial charge < -0.3 is 20.1 Å². The van der Waals surface area contributed by atoms with Gasteiger partial charge in [0.1, 0.15) is 6.61 Å². The van der Waals surface area contributed by atoms with E-state index in [2.05, 4.69) is 27.5 Å². The number of likely N-dealkylation sites (N-methyl/N-ethyl adjacent to an activating group) is 1. The molecule has 2 N–H and O–H groups in total. The molecule has 150 valence electrons. The molecule has 0 atom stereocenters. The Kier molecular flexibility index (Phi) is 16.6. The quantitative estimate of drug-likeness (QED) is 0.199. The molecule has 0 fully saturated rings. The minimum absolute atomic E-state index is 0.0434. The van der Waals surface area contributed by atoms with Gasteiger partial charge in [-0.3, -0.25) is 9.59 Å². The van der Waals surface area contributed by atoms with Gasteiger partial charge in [0.2, 0.25) is 0 Å². The average molecular weight is 370 g/mol. The smallest absolute Gasteiger partial charge is 0.331 e. The van der Waals surface area contributed by atoms with Crippen LogP contribution in [-0.4, -0.2) is 51.7 Å². The Balaban J connectivity index is 3.25. The Morgan fingerprint density at radius 3 is 2.12 bits per heavy atom. The van der Waals surface area contributed by atoms with Crippen molar-refractivity contribution in [1.29, 1.82) is 0 Å². The van der Waals surface area contributed by atoms with Gasteiger partial charge in [-0.15, -0.1) is 0 Å². The zero-order valence-electron chi connectivity index (χ0n) is 16.2. The number of amides is 2. The van der Waals surface area contributed by atoms with Crippen LogP contribution < -0.4 is 10.6 Å². The third-order valence-electron chi connectivity index (χ3n) is 3.79. The molecule has 0 aliphatic rings. The monoisotopic (exact) mass is 370 g/mol. The highest BCUT2D eigenvalue weighted by Gasteiger charge is 2.08. The van der Waals surface area contributed by atoms with E-state index in [0.717, 1.165) is 38.5 Å². The molecule has 0 aromatic carbocycles. The molecule has 0 aromatic heterocycles. The largest absolute Gasteiger partial charge is 0.467 e. The summed E-state index contributed by atoms with van der Waals surface area (Å²) in [4.78, 5) is 33.0. The van der Waals surface area contributed by atoms with Gasteiger partial charge in [-0.25, -0.2) is 4.79 Å². The molecule has 0 saturated heterocycles. The van der Waals surface area contributed by atoms with E-state index in [1.807, 2.05) is 0 Å². The van der Waals surface area contributed by atoms with Crippen LogP contribution in [-0.2, 0) is 23.9 Å². The molecule has 0 aliphatic carbocycles. The lowest BCUT2D eigenvalue weighted by Gasteiger charge is -2.03. The van der Waals surface area contributed by atoms with Gasteiger partial charge in [-0.2, -0.15) is 0 Å². The molecule has 2 amide bonds. The first kappa shape index (κ1) is 24.1. The zero-order valence-corrected chi connectivity index (χ0v) is 16.2.